The molecule has 7 atom stereocenters. The first kappa shape index (κ1) is 27.9. The van der Waals surface area contributed by atoms with Crippen LogP contribution in [0, 0.1) is 11.3 Å². The van der Waals surface area contributed by atoms with E-state index in [2.05, 4.69) is 0 Å². The number of ketones is 2. The monoisotopic (exact) mass is 526 g/mol. The van der Waals surface area contributed by atoms with Crippen LogP contribution in [0.25, 0.3) is 0 Å². The van der Waals surface area contributed by atoms with Crippen LogP contribution in [-0.2, 0) is 28.6 Å². The SMILES string of the molecule is CC(=O)O[C@@]12COC1C[C@H](O)[C@@]1(C)C(=O)C(O)C(=C(C)C)/C(C)=C\CC(=O)[C@@H](OC(=O)c3ccccc3)C21. The van der Waals surface area contributed by atoms with Crippen LogP contribution in [0.4, 0.5) is 0 Å². The Morgan fingerprint density at radius 3 is 2.29 bits per heavy atom. The van der Waals surface area contributed by atoms with E-state index in [9.17, 15) is 29.4 Å². The summed E-state index contributed by atoms with van der Waals surface area (Å²) in [7, 11) is 0. The molecule has 3 aliphatic rings. The second kappa shape index (κ2) is 10.2. The first-order valence-corrected chi connectivity index (χ1v) is 12.7. The average molecular weight is 527 g/mol. The van der Waals surface area contributed by atoms with Crippen LogP contribution in [0.2, 0.25) is 0 Å². The lowest BCUT2D eigenvalue weighted by atomic mass is 9.51. The molecule has 4 rings (SSSR count). The molecule has 0 aromatic heterocycles. The summed E-state index contributed by atoms with van der Waals surface area (Å²) in [6, 6.07) is 8.06. The van der Waals surface area contributed by atoms with E-state index >= 15 is 0 Å². The van der Waals surface area contributed by atoms with E-state index in [4.69, 9.17) is 14.2 Å². The molecule has 9 nitrogen and oxygen atoms in total. The summed E-state index contributed by atoms with van der Waals surface area (Å²) < 4.78 is 17.3. The Hall–Kier alpha value is -3.14. The third-order valence-electron chi connectivity index (χ3n) is 8.18. The number of esters is 2. The third kappa shape index (κ3) is 4.42. The Labute approximate surface area is 221 Å². The first-order chi connectivity index (χ1) is 17.8. The van der Waals surface area contributed by atoms with Crippen molar-refractivity contribution >= 4 is 23.5 Å². The molecule has 0 spiro atoms. The Balaban J connectivity index is 1.95. The number of hydrogen-bond acceptors (Lipinski definition) is 9. The smallest absolute Gasteiger partial charge is 0.338 e. The first-order valence-electron chi connectivity index (χ1n) is 12.7. The maximum Gasteiger partial charge on any atom is 0.338 e. The number of aliphatic hydroxyl groups excluding tert-OH is 2. The Kier molecular flexibility index (Phi) is 7.49. The van der Waals surface area contributed by atoms with Gasteiger partial charge in [-0.05, 0) is 51.0 Å². The fourth-order valence-electron chi connectivity index (χ4n) is 6.27. The van der Waals surface area contributed by atoms with E-state index in [-0.39, 0.29) is 25.0 Å². The lowest BCUT2D eigenvalue weighted by Crippen LogP contribution is -2.78. The molecule has 1 aromatic carbocycles. The zero-order chi connectivity index (χ0) is 28.0. The minimum Gasteiger partial charge on any atom is -0.453 e. The molecule has 1 saturated carbocycles. The molecule has 9 heteroatoms. The van der Waals surface area contributed by atoms with Gasteiger partial charge in [0.25, 0.3) is 0 Å². The molecule has 38 heavy (non-hydrogen) atoms. The molecule has 1 aromatic rings. The average Bonchev–Trinajstić information content (AvgIpc) is 2.86. The fourth-order valence-corrected chi connectivity index (χ4v) is 6.27. The summed E-state index contributed by atoms with van der Waals surface area (Å²) in [5, 5.41) is 22.8. The minimum atomic E-state index is -1.84. The van der Waals surface area contributed by atoms with Gasteiger partial charge in [-0.2, -0.15) is 0 Å². The van der Waals surface area contributed by atoms with Crippen LogP contribution in [0.15, 0.2) is 53.1 Å². The lowest BCUT2D eigenvalue weighted by molar-refractivity contribution is -0.327. The number of rotatable bonds is 3. The van der Waals surface area contributed by atoms with Gasteiger partial charge in [0.15, 0.2) is 23.3 Å². The Morgan fingerprint density at radius 1 is 1.08 bits per heavy atom. The summed E-state index contributed by atoms with van der Waals surface area (Å²) in [4.78, 5) is 53.6. The van der Waals surface area contributed by atoms with Gasteiger partial charge in [-0.3, -0.25) is 14.4 Å². The van der Waals surface area contributed by atoms with Gasteiger partial charge in [-0.15, -0.1) is 0 Å². The maximum absolute atomic E-state index is 14.2. The maximum atomic E-state index is 14.2. The van der Waals surface area contributed by atoms with Crippen molar-refractivity contribution in [2.75, 3.05) is 6.61 Å². The highest BCUT2D eigenvalue weighted by atomic mass is 16.6. The topological polar surface area (TPSA) is 136 Å². The number of carbonyl (C=O) groups is 4. The predicted molar refractivity (Wildman–Crippen MR) is 135 cm³/mol. The highest BCUT2D eigenvalue weighted by Crippen LogP contribution is 2.57. The number of hydrogen-bond donors (Lipinski definition) is 2. The van der Waals surface area contributed by atoms with Crippen molar-refractivity contribution in [2.45, 2.75) is 77.5 Å². The van der Waals surface area contributed by atoms with E-state index in [1.807, 2.05) is 0 Å². The molecular weight excluding hydrogens is 492 g/mol. The Bertz CT molecular complexity index is 1210. The fraction of sp³-hybridized carbons (Fsp3) is 0.517. The van der Waals surface area contributed by atoms with E-state index < -0.39 is 64.9 Å². The normalized spacial score (nSPS) is 36.6. The highest BCUT2D eigenvalue weighted by molar-refractivity contribution is 5.97. The summed E-state index contributed by atoms with van der Waals surface area (Å²) in [5.74, 6) is -4.10. The van der Waals surface area contributed by atoms with Crippen molar-refractivity contribution in [2.24, 2.45) is 11.3 Å². The number of carbonyl (C=O) groups excluding carboxylic acids is 4. The van der Waals surface area contributed by atoms with Crippen molar-refractivity contribution in [1.82, 2.24) is 0 Å². The zero-order valence-corrected chi connectivity index (χ0v) is 22.2. The second-order valence-corrected chi connectivity index (χ2v) is 10.8. The summed E-state index contributed by atoms with van der Waals surface area (Å²) in [6.45, 7) is 7.65. The summed E-state index contributed by atoms with van der Waals surface area (Å²) in [5.41, 5.74) is -1.64. The zero-order valence-electron chi connectivity index (χ0n) is 22.2. The molecule has 2 aliphatic carbocycles. The quantitative estimate of drug-likeness (QED) is 0.569. The molecule has 2 fully saturated rings. The van der Waals surface area contributed by atoms with Crippen molar-refractivity contribution in [3.8, 4) is 0 Å². The van der Waals surface area contributed by atoms with E-state index in [0.717, 1.165) is 0 Å². The standard InChI is InChI=1S/C29H34O9/c1-15(2)22-16(3)11-12-19(31)24(37-27(35)18-9-7-6-8-10-18)25-28(5,26(34)23(22)33)20(32)13-21-29(25,14-36-21)38-17(4)30/h6-11,20-21,23-25,32-33H,12-14H2,1-5H3/b16-11-/t20-,21?,23?,24+,25?,28+,29-/m0/s1. The molecule has 1 heterocycles. The van der Waals surface area contributed by atoms with Gasteiger partial charge in [0.2, 0.25) is 0 Å². The van der Waals surface area contributed by atoms with Gasteiger partial charge < -0.3 is 24.4 Å². The van der Waals surface area contributed by atoms with Crippen LogP contribution >= 0.6 is 0 Å². The van der Waals surface area contributed by atoms with Crippen LogP contribution in [0.1, 0.15) is 57.8 Å². The molecule has 1 saturated heterocycles. The van der Waals surface area contributed by atoms with Crippen molar-refractivity contribution in [3.63, 3.8) is 0 Å². The Morgan fingerprint density at radius 2 is 1.74 bits per heavy atom. The number of aliphatic hydroxyl groups is 2. The van der Waals surface area contributed by atoms with Gasteiger partial charge >= 0.3 is 11.9 Å². The van der Waals surface area contributed by atoms with E-state index in [0.29, 0.717) is 16.7 Å². The molecule has 2 N–H and O–H groups in total. The van der Waals surface area contributed by atoms with Crippen LogP contribution < -0.4 is 0 Å². The highest BCUT2D eigenvalue weighted by Gasteiger charge is 2.73. The van der Waals surface area contributed by atoms with Crippen LogP contribution in [0.5, 0.6) is 0 Å². The van der Waals surface area contributed by atoms with Gasteiger partial charge in [0.1, 0.15) is 12.2 Å². The predicted octanol–water partition coefficient (Wildman–Crippen LogP) is 2.49. The van der Waals surface area contributed by atoms with Gasteiger partial charge in [0.05, 0.1) is 29.6 Å². The van der Waals surface area contributed by atoms with Crippen molar-refractivity contribution < 1.29 is 43.6 Å². The minimum absolute atomic E-state index is 0.0781. The number of fused-ring (bicyclic) bond motifs is 3. The summed E-state index contributed by atoms with van der Waals surface area (Å²) >= 11 is 0. The number of benzene rings is 1. The van der Waals surface area contributed by atoms with Gasteiger partial charge in [-0.25, -0.2) is 4.79 Å². The molecule has 0 radical (unpaired) electrons. The lowest BCUT2D eigenvalue weighted by Gasteiger charge is -2.62. The van der Waals surface area contributed by atoms with Crippen LogP contribution in [-0.4, -0.2) is 70.3 Å². The summed E-state index contributed by atoms with van der Waals surface area (Å²) in [6.07, 6.45) is -4.12. The number of Topliss-reactive ketones (excluding diaryl/α,β-unsaturated/α-hetero) is 2. The molecular formula is C29H34O9. The number of allylic oxidation sites excluding steroid dienone is 2. The van der Waals surface area contributed by atoms with E-state index in [1.54, 1.807) is 45.0 Å². The van der Waals surface area contributed by atoms with Crippen LogP contribution in [0.3, 0.4) is 0 Å². The van der Waals surface area contributed by atoms with Gasteiger partial charge in [0, 0.05) is 19.8 Å². The second-order valence-electron chi connectivity index (χ2n) is 10.8. The van der Waals surface area contributed by atoms with Gasteiger partial charge in [-0.1, -0.05) is 29.8 Å². The molecule has 3 unspecified atom stereocenters. The van der Waals surface area contributed by atoms with Crippen molar-refractivity contribution in [1.29, 1.82) is 0 Å². The third-order valence-corrected chi connectivity index (χ3v) is 8.18. The van der Waals surface area contributed by atoms with E-state index in [1.165, 1.54) is 26.0 Å². The molecule has 204 valence electrons. The largest absolute Gasteiger partial charge is 0.453 e. The molecule has 0 amide bonds. The van der Waals surface area contributed by atoms with Crippen molar-refractivity contribution in [3.05, 3.63) is 58.7 Å². The molecule has 0 bridgehead atoms. The number of ether oxygens (including phenoxy) is 3. The molecule has 1 aliphatic heterocycles.